The van der Waals surface area contributed by atoms with Gasteiger partial charge in [-0.05, 0) is 73.0 Å². The Morgan fingerprint density at radius 3 is 2.44 bits per heavy atom. The summed E-state index contributed by atoms with van der Waals surface area (Å²) in [6.07, 6.45) is 3.17. The second-order valence-corrected chi connectivity index (χ2v) is 11.1. The average Bonchev–Trinajstić information content (AvgIpc) is 3.26. The SMILES string of the molecule is COc1ccc(S(=O)(=O)CCC(=O)N(Cc2ccncc2)c2nc3cc(C)cc(C)c3s2)cc1. The van der Waals surface area contributed by atoms with Gasteiger partial charge in [-0.3, -0.25) is 14.7 Å². The van der Waals surface area contributed by atoms with E-state index in [0.29, 0.717) is 10.9 Å². The molecule has 0 saturated carbocycles. The molecule has 0 aliphatic carbocycles. The van der Waals surface area contributed by atoms with Gasteiger partial charge in [0.2, 0.25) is 5.91 Å². The standard InChI is InChI=1S/C25H25N3O4S2/c1-17-14-18(2)24-22(15-17)27-25(33-24)28(16-19-8-11-26-12-9-19)23(29)10-13-34(30,31)21-6-4-20(32-3)5-7-21/h4-9,11-12,14-15H,10,13,16H2,1-3H3. The molecule has 4 rings (SSSR count). The van der Waals surface area contributed by atoms with E-state index in [0.717, 1.165) is 26.9 Å². The van der Waals surface area contributed by atoms with Crippen molar-refractivity contribution in [2.24, 2.45) is 0 Å². The van der Waals surface area contributed by atoms with Crippen molar-refractivity contribution >= 4 is 42.4 Å². The van der Waals surface area contributed by atoms with E-state index in [-0.39, 0.29) is 29.5 Å². The third kappa shape index (κ3) is 5.26. The number of anilines is 1. The van der Waals surface area contributed by atoms with E-state index in [2.05, 4.69) is 11.1 Å². The Bertz CT molecular complexity index is 1420. The van der Waals surface area contributed by atoms with Crippen LogP contribution in [0.2, 0.25) is 0 Å². The molecule has 9 heteroatoms. The predicted molar refractivity (Wildman–Crippen MR) is 134 cm³/mol. The maximum Gasteiger partial charge on any atom is 0.230 e. The average molecular weight is 496 g/mol. The summed E-state index contributed by atoms with van der Waals surface area (Å²) in [5, 5.41) is 0.548. The van der Waals surface area contributed by atoms with Crippen LogP contribution in [0, 0.1) is 13.8 Å². The number of ether oxygens (including phenoxy) is 1. The molecule has 0 aliphatic heterocycles. The van der Waals surface area contributed by atoms with E-state index < -0.39 is 9.84 Å². The van der Waals surface area contributed by atoms with Gasteiger partial charge in [0, 0.05) is 18.8 Å². The maximum atomic E-state index is 13.3. The molecule has 0 unspecified atom stereocenters. The summed E-state index contributed by atoms with van der Waals surface area (Å²) < 4.78 is 31.8. The first-order chi connectivity index (χ1) is 16.3. The minimum Gasteiger partial charge on any atom is -0.497 e. The van der Waals surface area contributed by atoms with Crippen LogP contribution in [0.3, 0.4) is 0 Å². The van der Waals surface area contributed by atoms with Crippen molar-refractivity contribution in [2.75, 3.05) is 17.8 Å². The molecule has 0 aliphatic rings. The Kier molecular flexibility index (Phi) is 6.95. The molecule has 1 amide bonds. The lowest BCUT2D eigenvalue weighted by atomic mass is 10.1. The minimum absolute atomic E-state index is 0.159. The number of methoxy groups -OCH3 is 1. The van der Waals surface area contributed by atoms with Crippen molar-refractivity contribution in [1.82, 2.24) is 9.97 Å². The van der Waals surface area contributed by atoms with Crippen LogP contribution in [-0.2, 0) is 21.2 Å². The monoisotopic (exact) mass is 495 g/mol. The van der Waals surface area contributed by atoms with E-state index >= 15 is 0 Å². The lowest BCUT2D eigenvalue weighted by Crippen LogP contribution is -2.31. The molecule has 0 radical (unpaired) electrons. The quantitative estimate of drug-likeness (QED) is 0.352. The third-order valence-corrected chi connectivity index (χ3v) is 8.40. The Hall–Kier alpha value is -3.30. The van der Waals surface area contributed by atoms with E-state index in [1.807, 2.05) is 32.0 Å². The summed E-state index contributed by atoms with van der Waals surface area (Å²) in [4.78, 5) is 23.8. The van der Waals surface area contributed by atoms with Gasteiger partial charge in [-0.25, -0.2) is 13.4 Å². The number of carbonyl (C=O) groups is 1. The van der Waals surface area contributed by atoms with Crippen LogP contribution in [0.5, 0.6) is 5.75 Å². The Balaban J connectivity index is 1.61. The highest BCUT2D eigenvalue weighted by molar-refractivity contribution is 7.91. The fourth-order valence-corrected chi connectivity index (χ4v) is 5.93. The van der Waals surface area contributed by atoms with E-state index in [9.17, 15) is 13.2 Å². The molecule has 0 atom stereocenters. The first-order valence-corrected chi connectivity index (χ1v) is 13.2. The van der Waals surface area contributed by atoms with Gasteiger partial charge < -0.3 is 4.74 Å². The normalized spacial score (nSPS) is 11.5. The molecule has 2 aromatic carbocycles. The van der Waals surface area contributed by atoms with Crippen LogP contribution in [0.1, 0.15) is 23.1 Å². The van der Waals surface area contributed by atoms with Crippen LogP contribution in [0.25, 0.3) is 10.2 Å². The van der Waals surface area contributed by atoms with Crippen molar-refractivity contribution in [2.45, 2.75) is 31.7 Å². The van der Waals surface area contributed by atoms with Crippen LogP contribution < -0.4 is 9.64 Å². The smallest absolute Gasteiger partial charge is 0.230 e. The molecular weight excluding hydrogens is 470 g/mol. The molecule has 0 bridgehead atoms. The number of carbonyl (C=O) groups excluding carboxylic acids is 1. The highest BCUT2D eigenvalue weighted by Crippen LogP contribution is 2.33. The summed E-state index contributed by atoms with van der Waals surface area (Å²) in [6.45, 7) is 4.31. The van der Waals surface area contributed by atoms with Crippen molar-refractivity contribution in [3.63, 3.8) is 0 Å². The number of aromatic nitrogens is 2. The third-order valence-electron chi connectivity index (χ3n) is 5.43. The highest BCUT2D eigenvalue weighted by Gasteiger charge is 2.24. The van der Waals surface area contributed by atoms with Crippen LogP contribution in [-0.4, -0.2) is 37.2 Å². The van der Waals surface area contributed by atoms with Gasteiger partial charge in [0.1, 0.15) is 5.75 Å². The predicted octanol–water partition coefficient (Wildman–Crippen LogP) is 4.71. The highest BCUT2D eigenvalue weighted by atomic mass is 32.2. The van der Waals surface area contributed by atoms with Crippen molar-refractivity contribution in [3.8, 4) is 5.75 Å². The fourth-order valence-electron chi connectivity index (χ4n) is 3.67. The molecule has 0 saturated heterocycles. The second kappa shape index (κ2) is 9.90. The molecule has 0 N–H and O–H groups in total. The molecular formula is C25H25N3O4S2. The van der Waals surface area contributed by atoms with Gasteiger partial charge in [0.05, 0.1) is 34.5 Å². The number of amides is 1. The van der Waals surface area contributed by atoms with Gasteiger partial charge in [-0.15, -0.1) is 0 Å². The lowest BCUT2D eigenvalue weighted by molar-refractivity contribution is -0.118. The van der Waals surface area contributed by atoms with Crippen molar-refractivity contribution in [1.29, 1.82) is 0 Å². The number of sulfone groups is 1. The molecule has 176 valence electrons. The number of aryl methyl sites for hydroxylation is 2. The number of rotatable bonds is 8. The van der Waals surface area contributed by atoms with E-state index in [1.54, 1.807) is 29.4 Å². The number of thiazole rings is 1. The summed E-state index contributed by atoms with van der Waals surface area (Å²) in [5.74, 6) is -0.0316. The number of fused-ring (bicyclic) bond motifs is 1. The molecule has 7 nitrogen and oxygen atoms in total. The summed E-state index contributed by atoms with van der Waals surface area (Å²) in [7, 11) is -2.12. The van der Waals surface area contributed by atoms with E-state index in [4.69, 9.17) is 9.72 Å². The molecule has 34 heavy (non-hydrogen) atoms. The largest absolute Gasteiger partial charge is 0.497 e. The van der Waals surface area contributed by atoms with Crippen LogP contribution >= 0.6 is 11.3 Å². The number of nitrogens with zero attached hydrogens (tertiary/aromatic N) is 3. The second-order valence-electron chi connectivity index (χ2n) is 8.01. The topological polar surface area (TPSA) is 89.5 Å². The van der Waals surface area contributed by atoms with Crippen molar-refractivity contribution in [3.05, 3.63) is 77.6 Å². The van der Waals surface area contributed by atoms with E-state index in [1.165, 1.54) is 30.6 Å². The van der Waals surface area contributed by atoms with Crippen LogP contribution in [0.15, 0.2) is 65.8 Å². The first-order valence-electron chi connectivity index (χ1n) is 10.7. The summed E-state index contributed by atoms with van der Waals surface area (Å²) in [6, 6.07) is 13.9. The van der Waals surface area contributed by atoms with Gasteiger partial charge in [0.25, 0.3) is 0 Å². The summed E-state index contributed by atoms with van der Waals surface area (Å²) in [5.41, 5.74) is 3.90. The summed E-state index contributed by atoms with van der Waals surface area (Å²) >= 11 is 1.44. The van der Waals surface area contributed by atoms with Gasteiger partial charge >= 0.3 is 0 Å². The molecule has 4 aromatic rings. The number of hydrogen-bond donors (Lipinski definition) is 0. The van der Waals surface area contributed by atoms with Gasteiger partial charge in [-0.1, -0.05) is 17.4 Å². The molecule has 0 fully saturated rings. The minimum atomic E-state index is -3.64. The van der Waals surface area contributed by atoms with Crippen molar-refractivity contribution < 1.29 is 17.9 Å². The van der Waals surface area contributed by atoms with Gasteiger partial charge in [-0.2, -0.15) is 0 Å². The zero-order valence-corrected chi connectivity index (χ0v) is 20.8. The first kappa shape index (κ1) is 23.8. The number of hydrogen-bond acceptors (Lipinski definition) is 7. The Labute approximate surface area is 203 Å². The fraction of sp³-hybridized carbons (Fsp3) is 0.240. The van der Waals surface area contributed by atoms with Gasteiger partial charge in [0.15, 0.2) is 15.0 Å². The van der Waals surface area contributed by atoms with Crippen LogP contribution in [0.4, 0.5) is 5.13 Å². The molecule has 2 heterocycles. The molecule has 2 aromatic heterocycles. The maximum absolute atomic E-state index is 13.3. The Morgan fingerprint density at radius 2 is 1.76 bits per heavy atom. The lowest BCUT2D eigenvalue weighted by Gasteiger charge is -2.20. The Morgan fingerprint density at radius 1 is 1.06 bits per heavy atom. The molecule has 0 spiro atoms. The zero-order valence-electron chi connectivity index (χ0n) is 19.2. The zero-order chi connectivity index (χ0) is 24.3. The number of pyridine rings is 1. The number of benzene rings is 2.